The van der Waals surface area contributed by atoms with Crippen molar-refractivity contribution < 1.29 is 14.6 Å². The molecule has 0 saturated carbocycles. The van der Waals surface area contributed by atoms with Crippen LogP contribution in [0.5, 0.6) is 5.75 Å². The molecule has 0 aliphatic carbocycles. The first kappa shape index (κ1) is 17.7. The molecule has 0 radical (unpaired) electrons. The highest BCUT2D eigenvalue weighted by Gasteiger charge is 2.32. The van der Waals surface area contributed by atoms with E-state index in [1.165, 1.54) is 17.8 Å². The van der Waals surface area contributed by atoms with Crippen molar-refractivity contribution >= 4 is 51.9 Å². The van der Waals surface area contributed by atoms with Crippen molar-refractivity contribution in [3.05, 3.63) is 33.7 Å². The molecule has 0 bridgehead atoms. The predicted molar refractivity (Wildman–Crippen MR) is 100 cm³/mol. The van der Waals surface area contributed by atoms with Gasteiger partial charge in [-0.3, -0.25) is 14.6 Å². The Morgan fingerprint density at radius 1 is 1.33 bits per heavy atom. The first-order valence-electron chi connectivity index (χ1n) is 7.58. The van der Waals surface area contributed by atoms with E-state index in [-0.39, 0.29) is 11.7 Å². The third kappa shape index (κ3) is 4.10. The molecule has 0 aromatic heterocycles. The van der Waals surface area contributed by atoms with Gasteiger partial charge in [-0.05, 0) is 24.3 Å². The van der Waals surface area contributed by atoms with Gasteiger partial charge < -0.3 is 9.84 Å². The summed E-state index contributed by atoms with van der Waals surface area (Å²) >= 11 is 12.5. The van der Waals surface area contributed by atoms with E-state index in [0.29, 0.717) is 26.4 Å². The number of ether oxygens (including phenoxy) is 1. The molecule has 2 saturated heterocycles. The first-order valence-corrected chi connectivity index (χ1v) is 9.19. The summed E-state index contributed by atoms with van der Waals surface area (Å²) in [4.78, 5) is 17.0. The molecule has 5 nitrogen and oxygen atoms in total. The van der Waals surface area contributed by atoms with E-state index in [1.807, 2.05) is 0 Å². The average molecular weight is 385 g/mol. The number of rotatable bonds is 4. The van der Waals surface area contributed by atoms with E-state index in [4.69, 9.17) is 28.6 Å². The molecule has 1 amide bonds. The Labute approximate surface area is 155 Å². The molecule has 2 aliphatic heterocycles. The van der Waals surface area contributed by atoms with Crippen LogP contribution >= 0.6 is 35.6 Å². The summed E-state index contributed by atoms with van der Waals surface area (Å²) in [5.41, 5.74) is 0.510. The van der Waals surface area contributed by atoms with Crippen LogP contribution in [0, 0.1) is 0 Å². The van der Waals surface area contributed by atoms with Crippen LogP contribution in [0.25, 0.3) is 6.08 Å². The number of carbonyl (C=O) groups excluding carboxylic acids is 1. The van der Waals surface area contributed by atoms with Gasteiger partial charge in [0.1, 0.15) is 10.1 Å². The average Bonchev–Trinajstić information content (AvgIpc) is 2.84. The summed E-state index contributed by atoms with van der Waals surface area (Å²) in [6.07, 6.45) is 1.63. The highest BCUT2D eigenvalue weighted by Crippen LogP contribution is 2.34. The normalized spacial score (nSPS) is 21.0. The summed E-state index contributed by atoms with van der Waals surface area (Å²) in [6, 6.07) is 4.73. The number of phenolic OH excluding ortho intramolecular Hbond substituents is 1. The maximum atomic E-state index is 12.6. The third-order valence-electron chi connectivity index (χ3n) is 3.89. The first-order chi connectivity index (χ1) is 11.5. The Morgan fingerprint density at radius 2 is 2.08 bits per heavy atom. The molecule has 1 aromatic carbocycles. The molecule has 2 heterocycles. The molecule has 1 N–H and O–H groups in total. The Kier molecular flexibility index (Phi) is 5.78. The van der Waals surface area contributed by atoms with E-state index < -0.39 is 0 Å². The number of hydrogen-bond acceptors (Lipinski definition) is 6. The van der Waals surface area contributed by atoms with Crippen LogP contribution in [0.2, 0.25) is 5.02 Å². The van der Waals surface area contributed by atoms with Crippen molar-refractivity contribution in [3.8, 4) is 5.75 Å². The fourth-order valence-electron chi connectivity index (χ4n) is 2.54. The van der Waals surface area contributed by atoms with Crippen LogP contribution in [-0.4, -0.2) is 64.5 Å². The van der Waals surface area contributed by atoms with Crippen molar-refractivity contribution in [1.82, 2.24) is 9.80 Å². The van der Waals surface area contributed by atoms with Gasteiger partial charge in [-0.2, -0.15) is 0 Å². The minimum atomic E-state index is -0.127. The number of amides is 1. The van der Waals surface area contributed by atoms with Gasteiger partial charge in [0.15, 0.2) is 0 Å². The molecule has 24 heavy (non-hydrogen) atoms. The highest BCUT2D eigenvalue weighted by molar-refractivity contribution is 8.26. The zero-order valence-corrected chi connectivity index (χ0v) is 15.3. The summed E-state index contributed by atoms with van der Waals surface area (Å²) in [7, 11) is 0. The number of morpholine rings is 1. The lowest BCUT2D eigenvalue weighted by Crippen LogP contribution is -2.42. The van der Waals surface area contributed by atoms with Crippen molar-refractivity contribution in [3.63, 3.8) is 0 Å². The van der Waals surface area contributed by atoms with Crippen LogP contribution in [-0.2, 0) is 9.53 Å². The Balaban J connectivity index is 1.69. The van der Waals surface area contributed by atoms with Gasteiger partial charge in [-0.1, -0.05) is 35.6 Å². The summed E-state index contributed by atoms with van der Waals surface area (Å²) in [6.45, 7) is 4.54. The van der Waals surface area contributed by atoms with Gasteiger partial charge in [-0.25, -0.2) is 0 Å². The van der Waals surface area contributed by atoms with Gasteiger partial charge in [0.2, 0.25) is 0 Å². The van der Waals surface area contributed by atoms with E-state index in [2.05, 4.69) is 4.90 Å². The minimum absolute atomic E-state index is 0.0815. The molecule has 8 heteroatoms. The number of phenols is 1. The second-order valence-corrected chi connectivity index (χ2v) is 7.60. The number of thiocarbonyl (C=S) groups is 1. The lowest BCUT2D eigenvalue weighted by atomic mass is 10.2. The number of thioether (sulfide) groups is 1. The summed E-state index contributed by atoms with van der Waals surface area (Å²) < 4.78 is 5.86. The number of aromatic hydroxyl groups is 1. The Morgan fingerprint density at radius 3 is 2.83 bits per heavy atom. The zero-order valence-electron chi connectivity index (χ0n) is 12.9. The Hall–Kier alpha value is -1.12. The van der Waals surface area contributed by atoms with Crippen LogP contribution in [0.4, 0.5) is 0 Å². The highest BCUT2D eigenvalue weighted by atomic mass is 35.5. The van der Waals surface area contributed by atoms with E-state index in [9.17, 15) is 9.90 Å². The molecule has 3 rings (SSSR count). The topological polar surface area (TPSA) is 53.0 Å². The van der Waals surface area contributed by atoms with Gasteiger partial charge >= 0.3 is 0 Å². The lowest BCUT2D eigenvalue weighted by Gasteiger charge is -2.28. The van der Waals surface area contributed by atoms with Crippen LogP contribution in [0.15, 0.2) is 23.1 Å². The second kappa shape index (κ2) is 7.84. The molecule has 0 unspecified atom stereocenters. The minimum Gasteiger partial charge on any atom is -0.507 e. The largest absolute Gasteiger partial charge is 0.507 e. The molecule has 2 aliphatic rings. The van der Waals surface area contributed by atoms with E-state index >= 15 is 0 Å². The van der Waals surface area contributed by atoms with Gasteiger partial charge in [0.05, 0.1) is 18.1 Å². The van der Waals surface area contributed by atoms with Crippen molar-refractivity contribution in [2.45, 2.75) is 0 Å². The molecule has 0 atom stereocenters. The quantitative estimate of drug-likeness (QED) is 0.636. The number of hydrogen-bond donors (Lipinski definition) is 1. The fraction of sp³-hybridized carbons (Fsp3) is 0.375. The van der Waals surface area contributed by atoms with Gasteiger partial charge in [0.25, 0.3) is 5.91 Å². The van der Waals surface area contributed by atoms with Crippen LogP contribution < -0.4 is 0 Å². The fourth-order valence-corrected chi connectivity index (χ4v) is 4.02. The number of carbonyl (C=O) groups is 1. The number of halogens is 1. The predicted octanol–water partition coefficient (Wildman–Crippen LogP) is 2.58. The maximum Gasteiger partial charge on any atom is 0.266 e. The maximum absolute atomic E-state index is 12.6. The lowest BCUT2D eigenvalue weighted by molar-refractivity contribution is -0.122. The van der Waals surface area contributed by atoms with Gasteiger partial charge in [-0.15, -0.1) is 0 Å². The van der Waals surface area contributed by atoms with Crippen LogP contribution in [0.3, 0.4) is 0 Å². The monoisotopic (exact) mass is 384 g/mol. The molecule has 2 fully saturated rings. The van der Waals surface area contributed by atoms with E-state index in [1.54, 1.807) is 23.1 Å². The molecular weight excluding hydrogens is 368 g/mol. The zero-order chi connectivity index (χ0) is 17.1. The van der Waals surface area contributed by atoms with Crippen LogP contribution in [0.1, 0.15) is 5.56 Å². The molecule has 0 spiro atoms. The SMILES string of the molecule is O=C1/C(=C/c2cc(Cl)ccc2O)SC(=S)N1CCN1CCOCC1. The molecular formula is C16H17ClN2O3S2. The number of nitrogens with zero attached hydrogens (tertiary/aromatic N) is 2. The van der Waals surface area contributed by atoms with E-state index in [0.717, 1.165) is 32.8 Å². The Bertz CT molecular complexity index is 690. The summed E-state index contributed by atoms with van der Waals surface area (Å²) in [5, 5.41) is 10.4. The third-order valence-corrected chi connectivity index (χ3v) is 5.51. The van der Waals surface area contributed by atoms with Crippen molar-refractivity contribution in [2.24, 2.45) is 0 Å². The smallest absolute Gasteiger partial charge is 0.266 e. The summed E-state index contributed by atoms with van der Waals surface area (Å²) in [5.74, 6) is -0.0457. The molecule has 128 valence electrons. The number of benzene rings is 1. The van der Waals surface area contributed by atoms with Crippen molar-refractivity contribution in [1.29, 1.82) is 0 Å². The molecule has 1 aromatic rings. The second-order valence-electron chi connectivity index (χ2n) is 5.49. The standard InChI is InChI=1S/C16H17ClN2O3S2/c17-12-1-2-13(20)11(9-12)10-14-15(21)19(16(23)24-14)4-3-18-5-7-22-8-6-18/h1-2,9-10,20H,3-8H2/b14-10-. The van der Waals surface area contributed by atoms with Gasteiger partial charge in [0, 0.05) is 36.8 Å². The van der Waals surface area contributed by atoms with Crippen molar-refractivity contribution in [2.75, 3.05) is 39.4 Å².